The van der Waals surface area contributed by atoms with Gasteiger partial charge in [-0.1, -0.05) is 6.07 Å². The summed E-state index contributed by atoms with van der Waals surface area (Å²) in [6, 6.07) is 7.46. The number of amides is 1. The molecule has 1 atom stereocenters. The average Bonchev–Trinajstić information content (AvgIpc) is 3.22. The smallest absolute Gasteiger partial charge is 0.338 e. The summed E-state index contributed by atoms with van der Waals surface area (Å²) in [6.45, 7) is 5.51. The number of nitrogens with one attached hydrogen (secondary N) is 1. The van der Waals surface area contributed by atoms with Crippen LogP contribution in [0.1, 0.15) is 54.7 Å². The van der Waals surface area contributed by atoms with Gasteiger partial charge in [0.2, 0.25) is 0 Å². The van der Waals surface area contributed by atoms with E-state index in [1.54, 1.807) is 29.9 Å². The van der Waals surface area contributed by atoms with Crippen molar-refractivity contribution in [1.29, 1.82) is 0 Å². The summed E-state index contributed by atoms with van der Waals surface area (Å²) in [5.74, 6) is -0.271. The van der Waals surface area contributed by atoms with Crippen molar-refractivity contribution >= 4 is 17.7 Å². The number of carbonyl (C=O) groups excluding carboxylic acids is 2. The van der Waals surface area contributed by atoms with E-state index in [4.69, 9.17) is 4.74 Å². The number of esters is 1. The molecule has 0 spiro atoms. The molecule has 0 saturated heterocycles. The molecule has 3 rings (SSSR count). The number of aromatic nitrogens is 2. The monoisotopic (exact) mass is 341 g/mol. The van der Waals surface area contributed by atoms with Crippen molar-refractivity contribution in [2.24, 2.45) is 0 Å². The summed E-state index contributed by atoms with van der Waals surface area (Å²) in [6.07, 6.45) is 3.90. The Bertz CT molecular complexity index is 795. The molecule has 1 unspecified atom stereocenters. The molecule has 1 aliphatic carbocycles. The van der Waals surface area contributed by atoms with Gasteiger partial charge in [0.1, 0.15) is 5.82 Å². The summed E-state index contributed by atoms with van der Waals surface area (Å²) in [5.41, 5.74) is 2.99. The van der Waals surface area contributed by atoms with E-state index in [0.717, 1.165) is 19.3 Å². The Balaban J connectivity index is 1.63. The van der Waals surface area contributed by atoms with Gasteiger partial charge in [-0.05, 0) is 63.3 Å². The number of ether oxygens (including phenoxy) is 1. The highest BCUT2D eigenvalue weighted by Crippen LogP contribution is 2.23. The van der Waals surface area contributed by atoms with Crippen molar-refractivity contribution in [3.05, 3.63) is 47.2 Å². The fourth-order valence-electron chi connectivity index (χ4n) is 3.03. The standard InChI is InChI=1S/C19H23N3O3/c1-12(2)22-17(9-10-20-22)21-18(23)13(3)25-19(24)16-8-7-14-5-4-6-15(14)11-16/h7-13H,4-6H2,1-3H3,(H,21,23). The van der Waals surface area contributed by atoms with E-state index in [-0.39, 0.29) is 11.9 Å². The van der Waals surface area contributed by atoms with Crippen LogP contribution < -0.4 is 5.32 Å². The number of benzene rings is 1. The highest BCUT2D eigenvalue weighted by molar-refractivity contribution is 5.97. The van der Waals surface area contributed by atoms with Crippen LogP contribution in [0.2, 0.25) is 0 Å². The van der Waals surface area contributed by atoms with Crippen LogP contribution in [-0.4, -0.2) is 27.8 Å². The largest absolute Gasteiger partial charge is 0.449 e. The quantitative estimate of drug-likeness (QED) is 0.848. The van der Waals surface area contributed by atoms with E-state index in [2.05, 4.69) is 10.4 Å². The number of fused-ring (bicyclic) bond motifs is 1. The van der Waals surface area contributed by atoms with Gasteiger partial charge in [0.05, 0.1) is 11.8 Å². The van der Waals surface area contributed by atoms with Crippen LogP contribution >= 0.6 is 0 Å². The van der Waals surface area contributed by atoms with E-state index in [0.29, 0.717) is 11.4 Å². The molecule has 0 saturated carbocycles. The molecule has 25 heavy (non-hydrogen) atoms. The van der Waals surface area contributed by atoms with Crippen LogP contribution in [-0.2, 0) is 22.4 Å². The van der Waals surface area contributed by atoms with Gasteiger partial charge in [0.15, 0.2) is 6.10 Å². The van der Waals surface area contributed by atoms with Crippen molar-refractivity contribution < 1.29 is 14.3 Å². The maximum atomic E-state index is 12.3. The number of hydrogen-bond donors (Lipinski definition) is 1. The minimum atomic E-state index is -0.892. The normalized spacial score (nSPS) is 14.2. The Morgan fingerprint density at radius 1 is 1.16 bits per heavy atom. The SMILES string of the molecule is CC(OC(=O)c1ccc2c(c1)CCC2)C(=O)Nc1ccnn1C(C)C. The minimum absolute atomic E-state index is 0.120. The first kappa shape index (κ1) is 17.2. The summed E-state index contributed by atoms with van der Waals surface area (Å²) < 4.78 is 7.03. The lowest BCUT2D eigenvalue weighted by Crippen LogP contribution is -2.31. The van der Waals surface area contributed by atoms with Crippen LogP contribution in [0.4, 0.5) is 5.82 Å². The molecule has 1 N–H and O–H groups in total. The van der Waals surface area contributed by atoms with Gasteiger partial charge in [-0.3, -0.25) is 4.79 Å². The average molecular weight is 341 g/mol. The number of carbonyl (C=O) groups is 2. The number of nitrogens with zero attached hydrogens (tertiary/aromatic N) is 2. The zero-order valence-corrected chi connectivity index (χ0v) is 14.8. The lowest BCUT2D eigenvalue weighted by atomic mass is 10.1. The summed E-state index contributed by atoms with van der Waals surface area (Å²) in [4.78, 5) is 24.6. The molecule has 1 aromatic carbocycles. The molecule has 0 radical (unpaired) electrons. The number of hydrogen-bond acceptors (Lipinski definition) is 4. The first-order chi connectivity index (χ1) is 12.0. The van der Waals surface area contributed by atoms with Gasteiger partial charge in [0, 0.05) is 12.1 Å². The molecule has 0 fully saturated rings. The Kier molecular flexibility index (Phi) is 4.88. The zero-order chi connectivity index (χ0) is 18.0. The Labute approximate surface area is 147 Å². The number of rotatable bonds is 5. The molecular formula is C19H23N3O3. The third-order valence-corrected chi connectivity index (χ3v) is 4.40. The van der Waals surface area contributed by atoms with Crippen molar-refractivity contribution in [2.45, 2.75) is 52.2 Å². The van der Waals surface area contributed by atoms with Gasteiger partial charge < -0.3 is 10.1 Å². The second-order valence-electron chi connectivity index (χ2n) is 6.63. The van der Waals surface area contributed by atoms with Gasteiger partial charge >= 0.3 is 5.97 Å². The van der Waals surface area contributed by atoms with Crippen molar-refractivity contribution in [3.63, 3.8) is 0 Å². The lowest BCUT2D eigenvalue weighted by molar-refractivity contribution is -0.123. The molecule has 1 aromatic heterocycles. The molecule has 1 heterocycles. The number of aryl methyl sites for hydroxylation is 2. The van der Waals surface area contributed by atoms with Crippen LogP contribution in [0.5, 0.6) is 0 Å². The van der Waals surface area contributed by atoms with Gasteiger partial charge in [-0.2, -0.15) is 5.10 Å². The van der Waals surface area contributed by atoms with E-state index in [1.165, 1.54) is 11.1 Å². The highest BCUT2D eigenvalue weighted by atomic mass is 16.5. The second kappa shape index (κ2) is 7.09. The maximum Gasteiger partial charge on any atom is 0.338 e. The van der Waals surface area contributed by atoms with Crippen LogP contribution in [0, 0.1) is 0 Å². The lowest BCUT2D eigenvalue weighted by Gasteiger charge is -2.16. The molecule has 6 heteroatoms. The predicted molar refractivity (Wildman–Crippen MR) is 94.6 cm³/mol. The molecule has 0 aliphatic heterocycles. The van der Waals surface area contributed by atoms with Gasteiger partial charge in [0.25, 0.3) is 5.91 Å². The molecule has 1 amide bonds. The Morgan fingerprint density at radius 3 is 2.68 bits per heavy atom. The van der Waals surface area contributed by atoms with E-state index in [1.807, 2.05) is 26.0 Å². The molecule has 1 aliphatic rings. The third kappa shape index (κ3) is 3.73. The molecule has 2 aromatic rings. The molecule has 132 valence electrons. The second-order valence-corrected chi connectivity index (χ2v) is 6.63. The summed E-state index contributed by atoms with van der Waals surface area (Å²) in [7, 11) is 0. The Hall–Kier alpha value is -2.63. The van der Waals surface area contributed by atoms with E-state index < -0.39 is 12.1 Å². The Morgan fingerprint density at radius 2 is 1.92 bits per heavy atom. The topological polar surface area (TPSA) is 73.2 Å². The van der Waals surface area contributed by atoms with E-state index >= 15 is 0 Å². The zero-order valence-electron chi connectivity index (χ0n) is 14.8. The van der Waals surface area contributed by atoms with Crippen LogP contribution in [0.3, 0.4) is 0 Å². The molecule has 6 nitrogen and oxygen atoms in total. The first-order valence-electron chi connectivity index (χ1n) is 8.63. The fraction of sp³-hybridized carbons (Fsp3) is 0.421. The maximum absolute atomic E-state index is 12.3. The van der Waals surface area contributed by atoms with E-state index in [9.17, 15) is 9.59 Å². The number of anilines is 1. The summed E-state index contributed by atoms with van der Waals surface area (Å²) in [5, 5.41) is 6.92. The molecule has 0 bridgehead atoms. The predicted octanol–water partition coefficient (Wildman–Crippen LogP) is 3.14. The van der Waals surface area contributed by atoms with Crippen LogP contribution in [0.15, 0.2) is 30.5 Å². The van der Waals surface area contributed by atoms with Crippen molar-refractivity contribution in [1.82, 2.24) is 9.78 Å². The first-order valence-corrected chi connectivity index (χ1v) is 8.63. The fourth-order valence-corrected chi connectivity index (χ4v) is 3.03. The minimum Gasteiger partial charge on any atom is -0.449 e. The van der Waals surface area contributed by atoms with Crippen molar-refractivity contribution in [2.75, 3.05) is 5.32 Å². The van der Waals surface area contributed by atoms with Crippen molar-refractivity contribution in [3.8, 4) is 0 Å². The van der Waals surface area contributed by atoms with Gasteiger partial charge in [-0.25, -0.2) is 9.48 Å². The summed E-state index contributed by atoms with van der Waals surface area (Å²) >= 11 is 0. The van der Waals surface area contributed by atoms with Crippen LogP contribution in [0.25, 0.3) is 0 Å². The van der Waals surface area contributed by atoms with Gasteiger partial charge in [-0.15, -0.1) is 0 Å². The third-order valence-electron chi connectivity index (χ3n) is 4.40. The molecular weight excluding hydrogens is 318 g/mol. The highest BCUT2D eigenvalue weighted by Gasteiger charge is 2.21.